The molecule has 0 spiro atoms. The lowest BCUT2D eigenvalue weighted by atomic mass is 9.89. The van der Waals surface area contributed by atoms with Crippen LogP contribution in [0.25, 0.3) is 0 Å². The van der Waals surface area contributed by atoms with Crippen molar-refractivity contribution in [2.75, 3.05) is 26.3 Å². The first-order valence-corrected chi connectivity index (χ1v) is 11.1. The maximum Gasteiger partial charge on any atom is 0.251 e. The van der Waals surface area contributed by atoms with Crippen molar-refractivity contribution in [1.82, 2.24) is 9.62 Å². The standard InChI is InChI=1S/C19H26N2O5S/c22-19(20-15-5-8-17-18(13-15)26-12-11-25-17)14-3-6-16(7-4-14)27(23,24)21-9-1-2-10-21/h3-4,6-7,15,17-18H,1-2,5,8-13H2,(H,20,22). The molecule has 0 radical (unpaired) electrons. The Balaban J connectivity index is 1.38. The molecule has 0 aromatic heterocycles. The van der Waals surface area contributed by atoms with Crippen LogP contribution in [-0.4, -0.2) is 63.2 Å². The molecule has 1 saturated carbocycles. The zero-order valence-electron chi connectivity index (χ0n) is 15.3. The van der Waals surface area contributed by atoms with Gasteiger partial charge in [0.1, 0.15) is 0 Å². The molecule has 3 unspecified atom stereocenters. The second-order valence-electron chi connectivity index (χ2n) is 7.44. The Bertz CT molecular complexity index is 774. The van der Waals surface area contributed by atoms with Crippen LogP contribution in [0.4, 0.5) is 0 Å². The van der Waals surface area contributed by atoms with E-state index in [0.29, 0.717) is 31.9 Å². The predicted molar refractivity (Wildman–Crippen MR) is 99.0 cm³/mol. The number of hydrogen-bond donors (Lipinski definition) is 1. The minimum Gasteiger partial charge on any atom is -0.373 e. The lowest BCUT2D eigenvalue weighted by Gasteiger charge is -2.39. The number of nitrogens with one attached hydrogen (secondary N) is 1. The van der Waals surface area contributed by atoms with Gasteiger partial charge in [0.25, 0.3) is 5.91 Å². The van der Waals surface area contributed by atoms with Gasteiger partial charge in [0.15, 0.2) is 0 Å². The summed E-state index contributed by atoms with van der Waals surface area (Å²) in [5, 5.41) is 3.05. The van der Waals surface area contributed by atoms with Gasteiger partial charge in [-0.15, -0.1) is 0 Å². The summed E-state index contributed by atoms with van der Waals surface area (Å²) in [6.45, 7) is 2.39. The van der Waals surface area contributed by atoms with Gasteiger partial charge in [0.05, 0.1) is 30.3 Å². The Hall–Kier alpha value is -1.48. The highest BCUT2D eigenvalue weighted by atomic mass is 32.2. The molecule has 2 aliphatic heterocycles. The molecule has 2 saturated heterocycles. The summed E-state index contributed by atoms with van der Waals surface area (Å²) in [6, 6.07) is 6.28. The zero-order chi connectivity index (χ0) is 18.9. The summed E-state index contributed by atoms with van der Waals surface area (Å²) in [7, 11) is -3.45. The summed E-state index contributed by atoms with van der Waals surface area (Å²) in [6.07, 6.45) is 4.47. The molecule has 3 atom stereocenters. The smallest absolute Gasteiger partial charge is 0.251 e. The molecule has 4 rings (SSSR count). The average molecular weight is 394 g/mol. The number of sulfonamides is 1. The van der Waals surface area contributed by atoms with E-state index in [1.54, 1.807) is 12.1 Å². The molecule has 3 fully saturated rings. The van der Waals surface area contributed by atoms with Gasteiger partial charge in [-0.1, -0.05) is 0 Å². The van der Waals surface area contributed by atoms with Crippen LogP contribution in [0.2, 0.25) is 0 Å². The maximum atomic E-state index is 12.6. The van der Waals surface area contributed by atoms with E-state index in [9.17, 15) is 13.2 Å². The number of fused-ring (bicyclic) bond motifs is 1. The van der Waals surface area contributed by atoms with Crippen molar-refractivity contribution < 1.29 is 22.7 Å². The summed E-state index contributed by atoms with van der Waals surface area (Å²) >= 11 is 0. The Morgan fingerprint density at radius 2 is 1.67 bits per heavy atom. The quantitative estimate of drug-likeness (QED) is 0.837. The van der Waals surface area contributed by atoms with Gasteiger partial charge in [-0.2, -0.15) is 4.31 Å². The third-order valence-corrected chi connectivity index (χ3v) is 7.55. The van der Waals surface area contributed by atoms with Crippen molar-refractivity contribution in [3.63, 3.8) is 0 Å². The van der Waals surface area contributed by atoms with Gasteiger partial charge in [0.2, 0.25) is 10.0 Å². The van der Waals surface area contributed by atoms with E-state index in [2.05, 4.69) is 5.32 Å². The predicted octanol–water partition coefficient (Wildman–Crippen LogP) is 1.54. The van der Waals surface area contributed by atoms with E-state index in [1.165, 1.54) is 16.4 Å². The number of benzene rings is 1. The van der Waals surface area contributed by atoms with E-state index >= 15 is 0 Å². The van der Waals surface area contributed by atoms with Gasteiger partial charge in [-0.3, -0.25) is 4.79 Å². The fraction of sp³-hybridized carbons (Fsp3) is 0.632. The van der Waals surface area contributed by atoms with E-state index < -0.39 is 10.0 Å². The molecule has 2 heterocycles. The summed E-state index contributed by atoms with van der Waals surface area (Å²) in [4.78, 5) is 12.8. The number of carbonyl (C=O) groups excluding carboxylic acids is 1. The lowest BCUT2D eigenvalue weighted by molar-refractivity contribution is -0.157. The van der Waals surface area contributed by atoms with E-state index in [-0.39, 0.29) is 29.1 Å². The van der Waals surface area contributed by atoms with Crippen LogP contribution in [0.1, 0.15) is 42.5 Å². The molecule has 1 aromatic rings. The highest BCUT2D eigenvalue weighted by molar-refractivity contribution is 7.89. The molecule has 7 nitrogen and oxygen atoms in total. The molecule has 0 bridgehead atoms. The Labute approximate surface area is 160 Å². The van der Waals surface area contributed by atoms with Crippen molar-refractivity contribution in [2.45, 2.75) is 55.2 Å². The van der Waals surface area contributed by atoms with Crippen LogP contribution in [0.5, 0.6) is 0 Å². The minimum absolute atomic E-state index is 0.0470. The van der Waals surface area contributed by atoms with Crippen molar-refractivity contribution in [1.29, 1.82) is 0 Å². The van der Waals surface area contributed by atoms with Crippen molar-refractivity contribution in [3.8, 4) is 0 Å². The maximum absolute atomic E-state index is 12.6. The molecule has 148 valence electrons. The Morgan fingerprint density at radius 3 is 2.37 bits per heavy atom. The molecule has 1 aromatic carbocycles. The minimum atomic E-state index is -3.45. The fourth-order valence-electron chi connectivity index (χ4n) is 4.12. The lowest BCUT2D eigenvalue weighted by Crippen LogP contribution is -2.49. The summed E-state index contributed by atoms with van der Waals surface area (Å²) in [5.41, 5.74) is 0.471. The zero-order valence-corrected chi connectivity index (χ0v) is 16.1. The number of nitrogens with zero attached hydrogens (tertiary/aromatic N) is 1. The first-order valence-electron chi connectivity index (χ1n) is 9.68. The van der Waals surface area contributed by atoms with Gasteiger partial charge in [0, 0.05) is 24.7 Å². The van der Waals surface area contributed by atoms with E-state index in [0.717, 1.165) is 32.1 Å². The normalized spacial score (nSPS) is 29.3. The third-order valence-electron chi connectivity index (χ3n) is 5.63. The van der Waals surface area contributed by atoms with Crippen molar-refractivity contribution >= 4 is 15.9 Å². The second-order valence-corrected chi connectivity index (χ2v) is 9.38. The van der Waals surface area contributed by atoms with Gasteiger partial charge < -0.3 is 14.8 Å². The third kappa shape index (κ3) is 4.03. The monoisotopic (exact) mass is 394 g/mol. The molecular weight excluding hydrogens is 368 g/mol. The Morgan fingerprint density at radius 1 is 1.00 bits per heavy atom. The van der Waals surface area contributed by atoms with E-state index in [1.807, 2.05) is 0 Å². The SMILES string of the molecule is O=C(NC1CCC2OCCOC2C1)c1ccc(S(=O)(=O)N2CCCC2)cc1. The van der Waals surface area contributed by atoms with Crippen LogP contribution < -0.4 is 5.32 Å². The van der Waals surface area contributed by atoms with Gasteiger partial charge in [-0.25, -0.2) is 8.42 Å². The first kappa shape index (κ1) is 18.9. The number of carbonyl (C=O) groups is 1. The number of hydrogen-bond acceptors (Lipinski definition) is 5. The van der Waals surface area contributed by atoms with Crippen LogP contribution >= 0.6 is 0 Å². The van der Waals surface area contributed by atoms with Crippen molar-refractivity contribution in [3.05, 3.63) is 29.8 Å². The first-order chi connectivity index (χ1) is 13.0. The van der Waals surface area contributed by atoms with Crippen LogP contribution in [0, 0.1) is 0 Å². The van der Waals surface area contributed by atoms with E-state index in [4.69, 9.17) is 9.47 Å². The van der Waals surface area contributed by atoms with Gasteiger partial charge in [-0.05, 0) is 56.4 Å². The highest BCUT2D eigenvalue weighted by Crippen LogP contribution is 2.27. The molecule has 3 aliphatic rings. The topological polar surface area (TPSA) is 84.9 Å². The molecule has 1 aliphatic carbocycles. The molecule has 1 amide bonds. The molecular formula is C19H26N2O5S. The highest BCUT2D eigenvalue weighted by Gasteiger charge is 2.35. The Kier molecular flexibility index (Phi) is 5.50. The average Bonchev–Trinajstić information content (AvgIpc) is 3.24. The fourth-order valence-corrected chi connectivity index (χ4v) is 5.64. The molecule has 27 heavy (non-hydrogen) atoms. The number of ether oxygens (including phenoxy) is 2. The molecule has 8 heteroatoms. The summed E-state index contributed by atoms with van der Waals surface area (Å²) in [5.74, 6) is -0.180. The second kappa shape index (κ2) is 7.87. The molecule has 1 N–H and O–H groups in total. The van der Waals surface area contributed by atoms with Crippen LogP contribution in [-0.2, 0) is 19.5 Å². The van der Waals surface area contributed by atoms with Crippen LogP contribution in [0.3, 0.4) is 0 Å². The summed E-state index contributed by atoms with van der Waals surface area (Å²) < 4.78 is 38.1. The number of amides is 1. The van der Waals surface area contributed by atoms with Gasteiger partial charge >= 0.3 is 0 Å². The number of rotatable bonds is 4. The van der Waals surface area contributed by atoms with Crippen LogP contribution in [0.15, 0.2) is 29.2 Å². The van der Waals surface area contributed by atoms with Crippen molar-refractivity contribution in [2.24, 2.45) is 0 Å². The largest absolute Gasteiger partial charge is 0.373 e.